The zero-order valence-electron chi connectivity index (χ0n) is 13.2. The molecule has 4 nitrogen and oxygen atoms in total. The fraction of sp³-hybridized carbons (Fsp3) is 0.529. The summed E-state index contributed by atoms with van der Waals surface area (Å²) < 4.78 is 0. The van der Waals surface area contributed by atoms with E-state index in [-0.39, 0.29) is 5.91 Å². The normalized spacial score (nSPS) is 21.9. The molecule has 22 heavy (non-hydrogen) atoms. The highest BCUT2D eigenvalue weighted by Gasteiger charge is 2.19. The van der Waals surface area contributed by atoms with Crippen molar-refractivity contribution in [1.82, 2.24) is 15.3 Å². The number of aromatic amines is 1. The van der Waals surface area contributed by atoms with Gasteiger partial charge in [-0.1, -0.05) is 24.8 Å². The molecule has 1 saturated carbocycles. The van der Waals surface area contributed by atoms with Gasteiger partial charge in [-0.15, -0.1) is 0 Å². The van der Waals surface area contributed by atoms with Crippen molar-refractivity contribution in [3.63, 3.8) is 0 Å². The van der Waals surface area contributed by atoms with Gasteiger partial charge in [-0.3, -0.25) is 4.79 Å². The van der Waals surface area contributed by atoms with Gasteiger partial charge in [-0.2, -0.15) is 0 Å². The van der Waals surface area contributed by atoms with Gasteiger partial charge in [0.25, 0.3) is 0 Å². The number of carbonyl (C=O) groups is 1. The summed E-state index contributed by atoms with van der Waals surface area (Å²) >= 11 is 1.47. The number of hydrogen-bond donors (Lipinski definition) is 2. The minimum Gasteiger partial charge on any atom is -0.353 e. The Labute approximate surface area is 135 Å². The van der Waals surface area contributed by atoms with E-state index in [0.29, 0.717) is 11.8 Å². The smallest absolute Gasteiger partial charge is 0.230 e. The largest absolute Gasteiger partial charge is 0.353 e. The van der Waals surface area contributed by atoms with Crippen LogP contribution < -0.4 is 5.32 Å². The number of amides is 1. The van der Waals surface area contributed by atoms with Gasteiger partial charge in [-0.25, -0.2) is 4.98 Å². The van der Waals surface area contributed by atoms with E-state index < -0.39 is 0 Å². The molecule has 1 aliphatic carbocycles. The minimum atomic E-state index is 0.112. The summed E-state index contributed by atoms with van der Waals surface area (Å²) in [6, 6.07) is 6.50. The average molecular weight is 317 g/mol. The van der Waals surface area contributed by atoms with Crippen LogP contribution in [0.1, 0.15) is 38.2 Å². The highest BCUT2D eigenvalue weighted by Crippen LogP contribution is 2.24. The van der Waals surface area contributed by atoms with Crippen molar-refractivity contribution >= 4 is 28.7 Å². The lowest BCUT2D eigenvalue weighted by molar-refractivity contribution is -0.119. The van der Waals surface area contributed by atoms with Gasteiger partial charge in [0.05, 0.1) is 16.8 Å². The third-order valence-electron chi connectivity index (χ3n) is 4.34. The molecule has 118 valence electrons. The molecule has 5 heteroatoms. The maximum absolute atomic E-state index is 12.1. The molecule has 1 amide bonds. The fourth-order valence-corrected chi connectivity index (χ4v) is 3.67. The molecule has 2 N–H and O–H groups in total. The van der Waals surface area contributed by atoms with E-state index >= 15 is 0 Å². The third-order valence-corrected chi connectivity index (χ3v) is 5.21. The monoisotopic (exact) mass is 317 g/mol. The highest BCUT2D eigenvalue weighted by molar-refractivity contribution is 7.99. The second-order valence-corrected chi connectivity index (χ2v) is 7.34. The van der Waals surface area contributed by atoms with Crippen LogP contribution in [0.2, 0.25) is 0 Å². The lowest BCUT2D eigenvalue weighted by atomic mass is 9.87. The Morgan fingerprint density at radius 1 is 1.36 bits per heavy atom. The van der Waals surface area contributed by atoms with Crippen LogP contribution in [-0.2, 0) is 4.79 Å². The van der Waals surface area contributed by atoms with E-state index in [0.717, 1.165) is 34.9 Å². The van der Waals surface area contributed by atoms with Crippen LogP contribution in [0, 0.1) is 12.8 Å². The molecule has 1 aliphatic rings. The van der Waals surface area contributed by atoms with Crippen LogP contribution in [0.4, 0.5) is 0 Å². The molecule has 3 rings (SSSR count). The number of imidazole rings is 1. The third kappa shape index (κ3) is 3.83. The van der Waals surface area contributed by atoms with Gasteiger partial charge >= 0.3 is 0 Å². The fourth-order valence-electron chi connectivity index (χ4n) is 2.98. The lowest BCUT2D eigenvalue weighted by Gasteiger charge is -2.26. The van der Waals surface area contributed by atoms with E-state index in [2.05, 4.69) is 35.2 Å². The molecule has 0 atom stereocenters. The second-order valence-electron chi connectivity index (χ2n) is 6.38. The molecular weight excluding hydrogens is 294 g/mol. The first kappa shape index (κ1) is 15.4. The number of benzene rings is 1. The standard InChI is InChI=1S/C17H23N3OS/c1-11-3-6-13(7-4-11)18-16(21)10-22-17-19-14-8-5-12(2)9-15(14)20-17/h5,8-9,11,13H,3-4,6-7,10H2,1-2H3,(H,18,21)(H,19,20). The molecule has 1 aromatic heterocycles. The SMILES string of the molecule is Cc1ccc2nc(SCC(=O)NC3CCC(C)CC3)[nH]c2c1. The average Bonchev–Trinajstić information content (AvgIpc) is 2.89. The zero-order chi connectivity index (χ0) is 15.5. The number of nitrogens with one attached hydrogen (secondary N) is 2. The number of rotatable bonds is 4. The second kappa shape index (κ2) is 6.73. The molecule has 1 heterocycles. The summed E-state index contributed by atoms with van der Waals surface area (Å²) in [4.78, 5) is 19.8. The molecule has 0 unspecified atom stereocenters. The molecule has 0 spiro atoms. The number of nitrogens with zero attached hydrogens (tertiary/aromatic N) is 1. The van der Waals surface area contributed by atoms with Crippen LogP contribution in [0.25, 0.3) is 11.0 Å². The first-order chi connectivity index (χ1) is 10.6. The van der Waals surface area contributed by atoms with Crippen molar-refractivity contribution in [2.75, 3.05) is 5.75 Å². The Hall–Kier alpha value is -1.49. The van der Waals surface area contributed by atoms with Gasteiger partial charge in [0.1, 0.15) is 0 Å². The minimum absolute atomic E-state index is 0.112. The number of carbonyl (C=O) groups excluding carboxylic acids is 1. The maximum Gasteiger partial charge on any atom is 0.230 e. The number of aryl methyl sites for hydroxylation is 1. The van der Waals surface area contributed by atoms with Crippen LogP contribution in [-0.4, -0.2) is 27.7 Å². The Morgan fingerprint density at radius 2 is 2.14 bits per heavy atom. The Kier molecular flexibility index (Phi) is 4.71. The molecular formula is C17H23N3OS. The van der Waals surface area contributed by atoms with E-state index in [1.165, 1.54) is 30.2 Å². The lowest BCUT2D eigenvalue weighted by Crippen LogP contribution is -2.38. The van der Waals surface area contributed by atoms with Crippen molar-refractivity contribution in [2.45, 2.75) is 50.7 Å². The van der Waals surface area contributed by atoms with Crippen molar-refractivity contribution in [2.24, 2.45) is 5.92 Å². The predicted octanol–water partition coefficient (Wildman–Crippen LogP) is 3.66. The predicted molar refractivity (Wildman–Crippen MR) is 91.1 cm³/mol. The van der Waals surface area contributed by atoms with Crippen LogP contribution in [0.3, 0.4) is 0 Å². The molecule has 0 aliphatic heterocycles. The first-order valence-electron chi connectivity index (χ1n) is 7.98. The molecule has 0 bridgehead atoms. The summed E-state index contributed by atoms with van der Waals surface area (Å²) in [5, 5.41) is 3.96. The van der Waals surface area contributed by atoms with Crippen molar-refractivity contribution in [1.29, 1.82) is 0 Å². The molecule has 1 fully saturated rings. The van der Waals surface area contributed by atoms with Gasteiger partial charge in [0.2, 0.25) is 5.91 Å². The van der Waals surface area contributed by atoms with Crippen LogP contribution in [0.15, 0.2) is 23.4 Å². The van der Waals surface area contributed by atoms with Crippen molar-refractivity contribution in [3.05, 3.63) is 23.8 Å². The summed E-state index contributed by atoms with van der Waals surface area (Å²) in [6.45, 7) is 4.35. The first-order valence-corrected chi connectivity index (χ1v) is 8.97. The van der Waals surface area contributed by atoms with E-state index in [1.54, 1.807) is 0 Å². The van der Waals surface area contributed by atoms with Gasteiger partial charge < -0.3 is 10.3 Å². The van der Waals surface area contributed by atoms with Crippen molar-refractivity contribution < 1.29 is 4.79 Å². The van der Waals surface area contributed by atoms with Crippen molar-refractivity contribution in [3.8, 4) is 0 Å². The van der Waals surface area contributed by atoms with E-state index in [4.69, 9.17) is 0 Å². The van der Waals surface area contributed by atoms with E-state index in [9.17, 15) is 4.79 Å². The summed E-state index contributed by atoms with van der Waals surface area (Å²) in [5.74, 6) is 1.34. The van der Waals surface area contributed by atoms with Gasteiger partial charge in [-0.05, 0) is 56.2 Å². The Balaban J connectivity index is 1.51. The maximum atomic E-state index is 12.1. The Morgan fingerprint density at radius 3 is 2.91 bits per heavy atom. The zero-order valence-corrected chi connectivity index (χ0v) is 14.0. The number of H-pyrrole nitrogens is 1. The Bertz CT molecular complexity index is 659. The number of thioether (sulfide) groups is 1. The van der Waals surface area contributed by atoms with Gasteiger partial charge in [0.15, 0.2) is 5.16 Å². The number of hydrogen-bond acceptors (Lipinski definition) is 3. The van der Waals surface area contributed by atoms with Gasteiger partial charge in [0, 0.05) is 6.04 Å². The van der Waals surface area contributed by atoms with Crippen LogP contribution >= 0.6 is 11.8 Å². The molecule has 2 aromatic rings. The molecule has 1 aromatic carbocycles. The summed E-state index contributed by atoms with van der Waals surface area (Å²) in [6.07, 6.45) is 4.67. The number of aromatic nitrogens is 2. The summed E-state index contributed by atoms with van der Waals surface area (Å²) in [5.41, 5.74) is 3.19. The molecule has 0 saturated heterocycles. The quantitative estimate of drug-likeness (QED) is 0.846. The van der Waals surface area contributed by atoms with E-state index in [1.807, 2.05) is 12.1 Å². The van der Waals surface area contributed by atoms with Crippen LogP contribution in [0.5, 0.6) is 0 Å². The topological polar surface area (TPSA) is 57.8 Å². The molecule has 0 radical (unpaired) electrons. The summed E-state index contributed by atoms with van der Waals surface area (Å²) in [7, 11) is 0. The highest BCUT2D eigenvalue weighted by atomic mass is 32.2. The number of fused-ring (bicyclic) bond motifs is 1.